The Morgan fingerprint density at radius 3 is 2.20 bits per heavy atom. The molecule has 15 heavy (non-hydrogen) atoms. The maximum absolute atomic E-state index is 11.7. The van der Waals surface area contributed by atoms with Gasteiger partial charge in [0.15, 0.2) is 0 Å². The van der Waals surface area contributed by atoms with Crippen LogP contribution < -0.4 is 0 Å². The molecule has 86 valence electrons. The van der Waals surface area contributed by atoms with Crippen molar-refractivity contribution in [2.75, 3.05) is 6.61 Å². The molecule has 2 fully saturated rings. The van der Waals surface area contributed by atoms with Gasteiger partial charge in [0.25, 0.3) is 0 Å². The number of ether oxygens (including phenoxy) is 1. The number of rotatable bonds is 3. The van der Waals surface area contributed by atoms with Crippen molar-refractivity contribution in [1.82, 2.24) is 0 Å². The lowest BCUT2D eigenvalue weighted by atomic mass is 9.90. The monoisotopic (exact) mass is 210 g/mol. The second-order valence-corrected chi connectivity index (χ2v) is 5.12. The van der Waals surface area contributed by atoms with Crippen LogP contribution in [0.4, 0.5) is 0 Å². The number of carbonyl (C=O) groups is 1. The largest absolute Gasteiger partial charge is 0.465 e. The lowest BCUT2D eigenvalue weighted by Gasteiger charge is -2.21. The third-order valence-corrected chi connectivity index (χ3v) is 3.87. The van der Waals surface area contributed by atoms with Crippen LogP contribution in [0.25, 0.3) is 0 Å². The van der Waals surface area contributed by atoms with E-state index in [4.69, 9.17) is 4.74 Å². The minimum Gasteiger partial charge on any atom is -0.465 e. The van der Waals surface area contributed by atoms with Crippen LogP contribution in [0.15, 0.2) is 0 Å². The van der Waals surface area contributed by atoms with Gasteiger partial charge in [-0.3, -0.25) is 4.79 Å². The molecule has 0 N–H and O–H groups in total. The molecule has 0 heterocycles. The highest BCUT2D eigenvalue weighted by atomic mass is 16.5. The zero-order chi connectivity index (χ0) is 10.5. The molecular weight excluding hydrogens is 188 g/mol. The fourth-order valence-corrected chi connectivity index (χ4v) is 2.83. The van der Waals surface area contributed by atoms with Crippen molar-refractivity contribution < 1.29 is 9.53 Å². The van der Waals surface area contributed by atoms with Crippen molar-refractivity contribution in [1.29, 1.82) is 0 Å². The number of esters is 1. The average Bonchev–Trinajstić information content (AvgIpc) is 2.81. The Bertz CT molecular complexity index is 201. The highest BCUT2D eigenvalue weighted by molar-refractivity contribution is 5.72. The van der Waals surface area contributed by atoms with E-state index in [1.807, 2.05) is 0 Å². The fraction of sp³-hybridized carbons (Fsp3) is 0.923. The van der Waals surface area contributed by atoms with Crippen LogP contribution >= 0.6 is 0 Å². The van der Waals surface area contributed by atoms with Crippen LogP contribution in [0.1, 0.15) is 57.8 Å². The second-order valence-electron chi connectivity index (χ2n) is 5.12. The third-order valence-electron chi connectivity index (χ3n) is 3.87. The summed E-state index contributed by atoms with van der Waals surface area (Å²) in [6.07, 6.45) is 11.1. The fourth-order valence-electron chi connectivity index (χ4n) is 2.83. The van der Waals surface area contributed by atoms with Gasteiger partial charge in [0.2, 0.25) is 0 Å². The summed E-state index contributed by atoms with van der Waals surface area (Å²) in [5.41, 5.74) is 0. The summed E-state index contributed by atoms with van der Waals surface area (Å²) < 4.78 is 5.43. The van der Waals surface area contributed by atoms with E-state index in [0.29, 0.717) is 12.5 Å². The summed E-state index contributed by atoms with van der Waals surface area (Å²) in [6, 6.07) is 0. The van der Waals surface area contributed by atoms with Crippen LogP contribution in [-0.2, 0) is 9.53 Å². The molecule has 0 aromatic rings. The lowest BCUT2D eigenvalue weighted by molar-refractivity contribution is -0.150. The molecule has 2 saturated carbocycles. The molecule has 0 bridgehead atoms. The summed E-state index contributed by atoms with van der Waals surface area (Å²) in [5.74, 6) is 0.968. The molecule has 2 nitrogen and oxygen atoms in total. The first-order valence-corrected chi connectivity index (χ1v) is 6.53. The molecule has 2 aliphatic rings. The minimum atomic E-state index is 0.0815. The average molecular weight is 210 g/mol. The summed E-state index contributed by atoms with van der Waals surface area (Å²) in [5, 5.41) is 0. The summed E-state index contributed by atoms with van der Waals surface area (Å²) in [4.78, 5) is 11.7. The van der Waals surface area contributed by atoms with Gasteiger partial charge < -0.3 is 4.74 Å². The summed E-state index contributed by atoms with van der Waals surface area (Å²) in [6.45, 7) is 0.690. The van der Waals surface area contributed by atoms with Gasteiger partial charge >= 0.3 is 5.97 Å². The molecule has 0 radical (unpaired) electrons. The van der Waals surface area contributed by atoms with Gasteiger partial charge in [-0.2, -0.15) is 0 Å². The maximum Gasteiger partial charge on any atom is 0.308 e. The highest BCUT2D eigenvalue weighted by Gasteiger charge is 2.25. The van der Waals surface area contributed by atoms with E-state index in [9.17, 15) is 4.79 Å². The number of hydrogen-bond donors (Lipinski definition) is 0. The van der Waals surface area contributed by atoms with Crippen molar-refractivity contribution in [2.45, 2.75) is 57.8 Å². The van der Waals surface area contributed by atoms with E-state index in [2.05, 4.69) is 0 Å². The molecule has 0 atom stereocenters. The molecule has 0 aromatic carbocycles. The highest BCUT2D eigenvalue weighted by Crippen LogP contribution is 2.27. The molecule has 0 unspecified atom stereocenters. The maximum atomic E-state index is 11.7. The van der Waals surface area contributed by atoms with Crippen LogP contribution in [0.5, 0.6) is 0 Å². The standard InChI is InChI=1S/C13H22O2/c14-13(12-8-4-5-9-12)15-10-11-6-2-1-3-7-11/h11-12H,1-10H2. The smallest absolute Gasteiger partial charge is 0.308 e. The van der Waals surface area contributed by atoms with Crippen molar-refractivity contribution in [3.8, 4) is 0 Å². The van der Waals surface area contributed by atoms with Gasteiger partial charge in [-0.05, 0) is 31.6 Å². The summed E-state index contributed by atoms with van der Waals surface area (Å²) in [7, 11) is 0. The predicted molar refractivity (Wildman–Crippen MR) is 59.5 cm³/mol. The first-order chi connectivity index (χ1) is 7.36. The van der Waals surface area contributed by atoms with Gasteiger partial charge in [-0.15, -0.1) is 0 Å². The number of hydrogen-bond acceptors (Lipinski definition) is 2. The van der Waals surface area contributed by atoms with Crippen molar-refractivity contribution in [2.24, 2.45) is 11.8 Å². The van der Waals surface area contributed by atoms with Gasteiger partial charge in [0.1, 0.15) is 0 Å². The van der Waals surface area contributed by atoms with Crippen molar-refractivity contribution in [3.05, 3.63) is 0 Å². The second kappa shape index (κ2) is 5.53. The van der Waals surface area contributed by atoms with Gasteiger partial charge in [-0.1, -0.05) is 32.1 Å². The van der Waals surface area contributed by atoms with E-state index in [1.54, 1.807) is 0 Å². The van der Waals surface area contributed by atoms with E-state index in [0.717, 1.165) is 12.8 Å². The molecule has 0 saturated heterocycles. The van der Waals surface area contributed by atoms with Crippen LogP contribution in [0, 0.1) is 11.8 Å². The molecule has 0 amide bonds. The van der Waals surface area contributed by atoms with E-state index >= 15 is 0 Å². The van der Waals surface area contributed by atoms with E-state index in [-0.39, 0.29) is 11.9 Å². The Kier molecular flexibility index (Phi) is 4.04. The molecule has 2 heteroatoms. The zero-order valence-electron chi connectivity index (χ0n) is 9.54. The predicted octanol–water partition coefficient (Wildman–Crippen LogP) is 3.30. The molecule has 2 rings (SSSR count). The van der Waals surface area contributed by atoms with Crippen LogP contribution in [-0.4, -0.2) is 12.6 Å². The molecular formula is C13H22O2. The Hall–Kier alpha value is -0.530. The van der Waals surface area contributed by atoms with Crippen LogP contribution in [0.2, 0.25) is 0 Å². The normalized spacial score (nSPS) is 24.3. The van der Waals surface area contributed by atoms with Crippen molar-refractivity contribution in [3.63, 3.8) is 0 Å². The Labute approximate surface area is 92.4 Å². The van der Waals surface area contributed by atoms with E-state index in [1.165, 1.54) is 44.9 Å². The van der Waals surface area contributed by atoms with Crippen molar-refractivity contribution >= 4 is 5.97 Å². The first kappa shape index (κ1) is 11.0. The minimum absolute atomic E-state index is 0.0815. The molecule has 0 aromatic heterocycles. The SMILES string of the molecule is O=C(OCC1CCCCC1)C1CCCC1. The van der Waals surface area contributed by atoms with Gasteiger partial charge in [0.05, 0.1) is 12.5 Å². The molecule has 2 aliphatic carbocycles. The van der Waals surface area contributed by atoms with Crippen LogP contribution in [0.3, 0.4) is 0 Å². The summed E-state index contributed by atoms with van der Waals surface area (Å²) >= 11 is 0. The molecule has 0 spiro atoms. The third kappa shape index (κ3) is 3.22. The van der Waals surface area contributed by atoms with Gasteiger partial charge in [0, 0.05) is 0 Å². The van der Waals surface area contributed by atoms with Gasteiger partial charge in [-0.25, -0.2) is 0 Å². The lowest BCUT2D eigenvalue weighted by Crippen LogP contribution is -2.20. The van der Waals surface area contributed by atoms with E-state index < -0.39 is 0 Å². The first-order valence-electron chi connectivity index (χ1n) is 6.53. The zero-order valence-corrected chi connectivity index (χ0v) is 9.54. The number of carbonyl (C=O) groups excluding carboxylic acids is 1. The Morgan fingerprint density at radius 1 is 0.933 bits per heavy atom. The quantitative estimate of drug-likeness (QED) is 0.668. The Balaban J connectivity index is 1.65. The molecule has 0 aliphatic heterocycles. The topological polar surface area (TPSA) is 26.3 Å². The Morgan fingerprint density at radius 2 is 1.53 bits per heavy atom.